The van der Waals surface area contributed by atoms with Crippen molar-refractivity contribution in [2.75, 3.05) is 31.4 Å². The number of benzene rings is 1. The molecule has 0 aliphatic carbocycles. The molecule has 0 spiro atoms. The molecule has 0 atom stereocenters. The van der Waals surface area contributed by atoms with Crippen LogP contribution in [0.25, 0.3) is 0 Å². The third-order valence-corrected chi connectivity index (χ3v) is 2.93. The Kier molecular flexibility index (Phi) is 5.63. The van der Waals surface area contributed by atoms with Crippen LogP contribution in [0, 0.1) is 0 Å². The van der Waals surface area contributed by atoms with Crippen LogP contribution in [0.1, 0.15) is 20.3 Å². The van der Waals surface area contributed by atoms with Crippen molar-refractivity contribution in [1.29, 1.82) is 0 Å². The van der Waals surface area contributed by atoms with E-state index >= 15 is 0 Å². The lowest BCUT2D eigenvalue weighted by atomic mass is 10.1. The maximum Gasteiger partial charge on any atom is 0.411 e. The minimum atomic E-state index is -0.470. The zero-order chi connectivity index (χ0) is 14.3. The molecule has 0 fully saturated rings. The predicted molar refractivity (Wildman–Crippen MR) is 76.7 cm³/mol. The van der Waals surface area contributed by atoms with Crippen molar-refractivity contribution in [3.63, 3.8) is 0 Å². The van der Waals surface area contributed by atoms with Gasteiger partial charge in [-0.3, -0.25) is 5.32 Å². The van der Waals surface area contributed by atoms with E-state index in [1.165, 1.54) is 7.11 Å². The fourth-order valence-electron chi connectivity index (χ4n) is 1.45. The lowest BCUT2D eigenvalue weighted by Crippen LogP contribution is -2.25. The van der Waals surface area contributed by atoms with Crippen LogP contribution >= 0.6 is 0 Å². The van der Waals surface area contributed by atoms with Gasteiger partial charge in [0.1, 0.15) is 0 Å². The Morgan fingerprint density at radius 1 is 1.16 bits per heavy atom. The molecule has 0 saturated carbocycles. The van der Waals surface area contributed by atoms with Gasteiger partial charge in [-0.15, -0.1) is 0 Å². The van der Waals surface area contributed by atoms with Crippen LogP contribution in [0.5, 0.6) is 0 Å². The van der Waals surface area contributed by atoms with Crippen molar-refractivity contribution in [2.24, 2.45) is 0 Å². The van der Waals surface area contributed by atoms with Crippen molar-refractivity contribution >= 4 is 17.5 Å². The summed E-state index contributed by atoms with van der Waals surface area (Å²) in [6.07, 6.45) is 0.439. The maximum atomic E-state index is 11.0. The summed E-state index contributed by atoms with van der Waals surface area (Å²) in [5, 5.41) is 5.90. The molecule has 0 aromatic heterocycles. The highest BCUT2D eigenvalue weighted by Crippen LogP contribution is 2.16. The Balaban J connectivity index is 2.42. The van der Waals surface area contributed by atoms with Gasteiger partial charge in [-0.05, 0) is 44.5 Å². The number of hydrogen-bond donors (Lipinski definition) is 2. The summed E-state index contributed by atoms with van der Waals surface area (Å²) in [5.74, 6) is 0. The highest BCUT2D eigenvalue weighted by Gasteiger charge is 2.15. The average molecular weight is 266 g/mol. The van der Waals surface area contributed by atoms with E-state index < -0.39 is 6.09 Å². The van der Waals surface area contributed by atoms with E-state index in [1.807, 2.05) is 24.3 Å². The van der Waals surface area contributed by atoms with Crippen LogP contribution in [-0.4, -0.2) is 32.5 Å². The molecule has 5 heteroatoms. The second-order valence-electron chi connectivity index (χ2n) is 4.83. The number of rotatable bonds is 6. The molecule has 1 aromatic rings. The maximum absolute atomic E-state index is 11.0. The first-order chi connectivity index (χ1) is 8.96. The molecule has 0 aliphatic heterocycles. The summed E-state index contributed by atoms with van der Waals surface area (Å²) in [4.78, 5) is 11.0. The van der Waals surface area contributed by atoms with Gasteiger partial charge in [-0.1, -0.05) is 0 Å². The van der Waals surface area contributed by atoms with Gasteiger partial charge in [-0.25, -0.2) is 4.79 Å². The van der Waals surface area contributed by atoms with Gasteiger partial charge < -0.3 is 14.8 Å². The van der Waals surface area contributed by atoms with Crippen LogP contribution in [-0.2, 0) is 9.47 Å². The Hall–Kier alpha value is -1.75. The summed E-state index contributed by atoms with van der Waals surface area (Å²) < 4.78 is 9.87. The number of nitrogens with one attached hydrogen (secondary N) is 2. The molecule has 0 unspecified atom stereocenters. The molecule has 106 valence electrons. The fourth-order valence-corrected chi connectivity index (χ4v) is 1.45. The Labute approximate surface area is 114 Å². The molecular formula is C14H22N2O3. The molecule has 5 nitrogen and oxygen atoms in total. The smallest absolute Gasteiger partial charge is 0.411 e. The van der Waals surface area contributed by atoms with Crippen molar-refractivity contribution in [1.82, 2.24) is 0 Å². The Morgan fingerprint density at radius 2 is 1.74 bits per heavy atom. The molecule has 0 aliphatic rings. The second-order valence-corrected chi connectivity index (χ2v) is 4.83. The first kappa shape index (κ1) is 15.3. The molecule has 1 rings (SSSR count). The van der Waals surface area contributed by atoms with Crippen LogP contribution in [0.2, 0.25) is 0 Å². The molecule has 0 saturated heterocycles. The van der Waals surface area contributed by atoms with Gasteiger partial charge in [0.15, 0.2) is 0 Å². The molecule has 2 N–H and O–H groups in total. The summed E-state index contributed by atoms with van der Waals surface area (Å²) in [5.41, 5.74) is 1.58. The van der Waals surface area contributed by atoms with Gasteiger partial charge in [0, 0.05) is 25.0 Å². The van der Waals surface area contributed by atoms with Crippen LogP contribution in [0.4, 0.5) is 16.2 Å². The fraction of sp³-hybridized carbons (Fsp3) is 0.500. The highest BCUT2D eigenvalue weighted by molar-refractivity contribution is 5.84. The first-order valence-electron chi connectivity index (χ1n) is 6.21. The van der Waals surface area contributed by atoms with Gasteiger partial charge in [0.05, 0.1) is 12.7 Å². The summed E-state index contributed by atoms with van der Waals surface area (Å²) >= 11 is 0. The van der Waals surface area contributed by atoms with Gasteiger partial charge in [0.25, 0.3) is 0 Å². The number of carbonyl (C=O) groups is 1. The summed E-state index contributed by atoms with van der Waals surface area (Å²) in [7, 11) is 3.05. The van der Waals surface area contributed by atoms with E-state index in [2.05, 4.69) is 29.2 Å². The first-order valence-corrected chi connectivity index (χ1v) is 6.21. The Morgan fingerprint density at radius 3 is 2.26 bits per heavy atom. The van der Waals surface area contributed by atoms with Crippen molar-refractivity contribution in [2.45, 2.75) is 25.9 Å². The SMILES string of the molecule is COC(=O)Nc1ccc(NCCC(C)(C)OC)cc1. The zero-order valence-corrected chi connectivity index (χ0v) is 11.9. The molecule has 0 radical (unpaired) electrons. The van der Waals surface area contributed by atoms with E-state index in [0.29, 0.717) is 5.69 Å². The van der Waals surface area contributed by atoms with Crippen LogP contribution in [0.3, 0.4) is 0 Å². The lowest BCUT2D eigenvalue weighted by Gasteiger charge is -2.23. The quantitative estimate of drug-likeness (QED) is 0.830. The number of methoxy groups -OCH3 is 2. The average Bonchev–Trinajstić information content (AvgIpc) is 2.40. The molecular weight excluding hydrogens is 244 g/mol. The van der Waals surface area contributed by atoms with E-state index in [4.69, 9.17) is 4.74 Å². The van der Waals surface area contributed by atoms with Gasteiger partial charge in [-0.2, -0.15) is 0 Å². The topological polar surface area (TPSA) is 59.6 Å². The number of carbonyl (C=O) groups excluding carboxylic acids is 1. The number of anilines is 2. The summed E-state index contributed by atoms with van der Waals surface area (Å²) in [6, 6.07) is 7.46. The minimum absolute atomic E-state index is 0.126. The zero-order valence-electron chi connectivity index (χ0n) is 11.9. The van der Waals surface area contributed by atoms with E-state index in [-0.39, 0.29) is 5.60 Å². The lowest BCUT2D eigenvalue weighted by molar-refractivity contribution is 0.0185. The summed E-state index contributed by atoms with van der Waals surface area (Å²) in [6.45, 7) is 4.93. The van der Waals surface area contributed by atoms with Crippen molar-refractivity contribution < 1.29 is 14.3 Å². The number of amides is 1. The highest BCUT2D eigenvalue weighted by atomic mass is 16.5. The van der Waals surface area contributed by atoms with E-state index in [0.717, 1.165) is 18.7 Å². The van der Waals surface area contributed by atoms with Gasteiger partial charge in [0.2, 0.25) is 0 Å². The molecule has 1 amide bonds. The van der Waals surface area contributed by atoms with Gasteiger partial charge >= 0.3 is 6.09 Å². The minimum Gasteiger partial charge on any atom is -0.453 e. The second kappa shape index (κ2) is 6.99. The van der Waals surface area contributed by atoms with E-state index in [9.17, 15) is 4.79 Å². The standard InChI is InChI=1S/C14H22N2O3/c1-14(2,19-4)9-10-15-11-5-7-12(8-6-11)16-13(17)18-3/h5-8,15H,9-10H2,1-4H3,(H,16,17). The Bertz CT molecular complexity index is 402. The molecule has 0 bridgehead atoms. The van der Waals surface area contributed by atoms with Crippen molar-refractivity contribution in [3.05, 3.63) is 24.3 Å². The monoisotopic (exact) mass is 266 g/mol. The third kappa shape index (κ3) is 5.61. The number of hydrogen-bond acceptors (Lipinski definition) is 4. The third-order valence-electron chi connectivity index (χ3n) is 2.93. The molecule has 19 heavy (non-hydrogen) atoms. The van der Waals surface area contributed by atoms with Crippen molar-refractivity contribution in [3.8, 4) is 0 Å². The van der Waals surface area contributed by atoms with Crippen LogP contribution in [0.15, 0.2) is 24.3 Å². The van der Waals surface area contributed by atoms with E-state index in [1.54, 1.807) is 7.11 Å². The molecule has 0 heterocycles. The van der Waals surface area contributed by atoms with Crippen LogP contribution < -0.4 is 10.6 Å². The molecule has 1 aromatic carbocycles. The number of ether oxygens (including phenoxy) is 2. The largest absolute Gasteiger partial charge is 0.453 e. The predicted octanol–water partition coefficient (Wildman–Crippen LogP) is 3.09. The normalized spacial score (nSPS) is 10.9.